The summed E-state index contributed by atoms with van der Waals surface area (Å²) in [6.07, 6.45) is 6.71. The Hall–Kier alpha value is -3.17. The van der Waals surface area contributed by atoms with Crippen molar-refractivity contribution in [2.45, 2.75) is 89.5 Å². The molecule has 2 aliphatic heterocycles. The van der Waals surface area contributed by atoms with E-state index in [2.05, 4.69) is 66.0 Å². The number of thiophene rings is 1. The Kier molecular flexibility index (Phi) is 7.11. The van der Waals surface area contributed by atoms with Gasteiger partial charge in [-0.15, -0.1) is 20.4 Å². The molecule has 1 amide bonds. The van der Waals surface area contributed by atoms with Crippen molar-refractivity contribution in [3.63, 3.8) is 0 Å². The summed E-state index contributed by atoms with van der Waals surface area (Å²) in [7, 11) is 0. The van der Waals surface area contributed by atoms with E-state index in [1.54, 1.807) is 0 Å². The fourth-order valence-electron chi connectivity index (χ4n) is 5.83. The Morgan fingerprint density at radius 2 is 2.00 bits per heavy atom. The molecule has 2 fully saturated rings. The molecule has 0 spiro atoms. The Labute approximate surface area is 214 Å². The van der Waals surface area contributed by atoms with Gasteiger partial charge in [-0.05, 0) is 50.3 Å². The van der Waals surface area contributed by atoms with Gasteiger partial charge < -0.3 is 9.88 Å². The van der Waals surface area contributed by atoms with Crippen LogP contribution in [-0.2, 0) is 11.3 Å². The van der Waals surface area contributed by atoms with E-state index in [0.717, 1.165) is 42.3 Å². The zero-order valence-electron chi connectivity index (χ0n) is 20.9. The van der Waals surface area contributed by atoms with E-state index < -0.39 is 0 Å². The molecule has 11 nitrogen and oxygen atoms in total. The van der Waals surface area contributed by atoms with Gasteiger partial charge in [0.2, 0.25) is 10.9 Å². The maximum atomic E-state index is 12.7. The fourth-order valence-corrected chi connectivity index (χ4v) is 6.71. The van der Waals surface area contributed by atoms with Crippen molar-refractivity contribution in [2.75, 3.05) is 6.54 Å². The van der Waals surface area contributed by atoms with Crippen molar-refractivity contribution in [3.8, 4) is 0 Å². The lowest BCUT2D eigenvalue weighted by Crippen LogP contribution is -2.45. The van der Waals surface area contributed by atoms with Crippen molar-refractivity contribution in [3.05, 3.63) is 46.4 Å². The number of carbonyl (C=O) groups excluding carboxylic acids is 1. The molecule has 5 rings (SSSR count). The van der Waals surface area contributed by atoms with Crippen LogP contribution in [0.5, 0.6) is 0 Å². The minimum atomic E-state index is -0.165. The number of nitrogens with one attached hydrogen (secondary N) is 1. The van der Waals surface area contributed by atoms with Gasteiger partial charge >= 0.3 is 0 Å². The van der Waals surface area contributed by atoms with E-state index in [4.69, 9.17) is 6.57 Å². The lowest BCUT2D eigenvalue weighted by Gasteiger charge is -2.40. The third kappa shape index (κ3) is 5.03. The number of hydrogen-bond donors (Lipinski definition) is 1. The van der Waals surface area contributed by atoms with E-state index in [9.17, 15) is 4.79 Å². The van der Waals surface area contributed by atoms with Gasteiger partial charge in [-0.1, -0.05) is 19.9 Å². The Morgan fingerprint density at radius 3 is 2.64 bits per heavy atom. The number of aryl methyl sites for hydroxylation is 1. The van der Waals surface area contributed by atoms with Gasteiger partial charge in [0.15, 0.2) is 6.33 Å². The number of piperidine rings is 1. The molecule has 0 aliphatic carbocycles. The van der Waals surface area contributed by atoms with Crippen LogP contribution in [0.25, 0.3) is 4.85 Å². The summed E-state index contributed by atoms with van der Waals surface area (Å²) >= 11 is 1.44. The highest BCUT2D eigenvalue weighted by atomic mass is 32.1. The minimum Gasteiger partial charge on any atom is -0.347 e. The smallest absolute Gasteiger partial charge is 0.244 e. The molecule has 1 N–H and O–H groups in total. The molecule has 190 valence electrons. The molecule has 36 heavy (non-hydrogen) atoms. The molecule has 0 saturated carbocycles. The SMILES string of the molecule is [C-]#[N+]c1ccc([C@H](CCN2C3CCC2CC(n2c(C)nnc2C(C)C)C3)NC(=O)Cn2ncnn2)s1. The van der Waals surface area contributed by atoms with Gasteiger partial charge in [0.05, 0.1) is 12.6 Å². The first-order valence-corrected chi connectivity index (χ1v) is 13.4. The molecule has 12 heteroatoms. The number of aromatic nitrogens is 7. The van der Waals surface area contributed by atoms with Gasteiger partial charge in [0, 0.05) is 35.5 Å². The van der Waals surface area contributed by atoms with E-state index >= 15 is 0 Å². The Balaban J connectivity index is 1.26. The molecule has 2 aliphatic rings. The lowest BCUT2D eigenvalue weighted by molar-refractivity contribution is -0.122. The maximum absolute atomic E-state index is 12.7. The van der Waals surface area contributed by atoms with Crippen LogP contribution in [-0.4, -0.2) is 64.4 Å². The highest BCUT2D eigenvalue weighted by Crippen LogP contribution is 2.42. The van der Waals surface area contributed by atoms with Gasteiger partial charge in [-0.25, -0.2) is 4.85 Å². The normalized spacial score (nSPS) is 22.6. The summed E-state index contributed by atoms with van der Waals surface area (Å²) in [4.78, 5) is 21.2. The van der Waals surface area contributed by atoms with E-state index in [-0.39, 0.29) is 18.5 Å². The minimum absolute atomic E-state index is 0.0185. The number of nitrogens with zero attached hydrogens (tertiary/aromatic N) is 9. The summed E-state index contributed by atoms with van der Waals surface area (Å²) in [5.41, 5.74) is 0. The highest BCUT2D eigenvalue weighted by molar-refractivity contribution is 7.16. The van der Waals surface area contributed by atoms with E-state index in [0.29, 0.717) is 29.0 Å². The predicted octanol–water partition coefficient (Wildman–Crippen LogP) is 3.42. The molecule has 3 atom stereocenters. The van der Waals surface area contributed by atoms with Gasteiger partial charge in [-0.3, -0.25) is 9.69 Å². The monoisotopic (exact) mass is 508 g/mol. The highest BCUT2D eigenvalue weighted by Gasteiger charge is 2.42. The molecule has 3 aromatic heterocycles. The molecule has 2 saturated heterocycles. The second-order valence-electron chi connectivity index (χ2n) is 10.0. The number of fused-ring (bicyclic) bond motifs is 2. The molecule has 2 unspecified atom stereocenters. The van der Waals surface area contributed by atoms with Crippen LogP contribution >= 0.6 is 11.3 Å². The summed E-state index contributed by atoms with van der Waals surface area (Å²) in [5, 5.41) is 24.0. The number of hydrogen-bond acceptors (Lipinski definition) is 8. The zero-order valence-corrected chi connectivity index (χ0v) is 21.7. The van der Waals surface area contributed by atoms with Crippen molar-refractivity contribution in [2.24, 2.45) is 0 Å². The lowest BCUT2D eigenvalue weighted by atomic mass is 9.95. The van der Waals surface area contributed by atoms with Gasteiger partial charge in [-0.2, -0.15) is 16.1 Å². The summed E-state index contributed by atoms with van der Waals surface area (Å²) < 4.78 is 2.38. The topological polar surface area (TPSA) is 111 Å². The molecule has 0 radical (unpaired) electrons. The quantitative estimate of drug-likeness (QED) is 0.441. The molecule has 3 aromatic rings. The van der Waals surface area contributed by atoms with Crippen molar-refractivity contribution in [1.82, 2.24) is 45.2 Å². The van der Waals surface area contributed by atoms with E-state index in [1.165, 1.54) is 35.3 Å². The third-order valence-corrected chi connectivity index (χ3v) is 8.48. The fraction of sp³-hybridized carbons (Fsp3) is 0.625. The first-order valence-electron chi connectivity index (χ1n) is 12.6. The molecule has 5 heterocycles. The van der Waals surface area contributed by atoms with Crippen LogP contribution in [0, 0.1) is 13.5 Å². The van der Waals surface area contributed by atoms with Crippen LogP contribution < -0.4 is 5.32 Å². The first-order chi connectivity index (χ1) is 17.4. The molecule has 2 bridgehead atoms. The Morgan fingerprint density at radius 1 is 1.22 bits per heavy atom. The van der Waals surface area contributed by atoms with Crippen molar-refractivity contribution >= 4 is 22.2 Å². The van der Waals surface area contributed by atoms with Crippen molar-refractivity contribution < 1.29 is 4.79 Å². The number of amides is 1. The summed E-state index contributed by atoms with van der Waals surface area (Å²) in [5.74, 6) is 2.28. The predicted molar refractivity (Wildman–Crippen MR) is 135 cm³/mol. The van der Waals surface area contributed by atoms with Crippen LogP contribution in [0.3, 0.4) is 0 Å². The summed E-state index contributed by atoms with van der Waals surface area (Å²) in [6.45, 7) is 14.7. The van der Waals surface area contributed by atoms with Gasteiger partial charge in [0.1, 0.15) is 18.2 Å². The largest absolute Gasteiger partial charge is 0.347 e. The van der Waals surface area contributed by atoms with Crippen LogP contribution in [0.15, 0.2) is 18.5 Å². The first kappa shape index (κ1) is 24.5. The average molecular weight is 509 g/mol. The second-order valence-corrected chi connectivity index (χ2v) is 11.1. The Bertz CT molecular complexity index is 1210. The maximum Gasteiger partial charge on any atom is 0.244 e. The zero-order chi connectivity index (χ0) is 25.2. The molecule has 0 aromatic carbocycles. The number of carbonyl (C=O) groups is 1. The summed E-state index contributed by atoms with van der Waals surface area (Å²) in [6, 6.07) is 5.11. The average Bonchev–Trinajstić information content (AvgIpc) is 3.64. The van der Waals surface area contributed by atoms with E-state index in [1.807, 2.05) is 12.1 Å². The van der Waals surface area contributed by atoms with Crippen LogP contribution in [0.1, 0.15) is 80.5 Å². The van der Waals surface area contributed by atoms with Gasteiger partial charge in [0.25, 0.3) is 0 Å². The third-order valence-electron chi connectivity index (χ3n) is 7.39. The molecular formula is C24H32N10OS. The standard InChI is InChI=1S/C24H32N10OS/c1-15(2)24-30-29-16(3)34(24)19-11-17-5-6-18(12-19)32(17)10-9-20(21-7-8-23(25-4)36-21)28-22(35)13-33-27-14-26-31-33/h7-8,14-15,17-20H,5-6,9-13H2,1-3H3,(H,28,35)/t17?,18?,19?,20-/m0/s1. The number of tetrazole rings is 1. The van der Waals surface area contributed by atoms with Crippen molar-refractivity contribution in [1.29, 1.82) is 0 Å². The molecular weight excluding hydrogens is 476 g/mol. The van der Waals surface area contributed by atoms with Crippen LogP contribution in [0.4, 0.5) is 5.00 Å². The number of rotatable bonds is 9. The second kappa shape index (κ2) is 10.4. The van der Waals surface area contributed by atoms with Crippen LogP contribution in [0.2, 0.25) is 0 Å².